The number of hydrogen-bond acceptors (Lipinski definition) is 5. The molecule has 0 aromatic heterocycles. The predicted octanol–water partition coefficient (Wildman–Crippen LogP) is 5.80. The molecular weight excluding hydrogens is 597 g/mol. The SMILES string of the molecule is O=C(C[C@@H]1CC[C@@H](CO)OC1)[C@@H]1NC2(CC(CF)(CF)C2)[C@@]2(C(=O)Nc3cc(Cl)ccc32)[C@H]1c1cc(Cl)cc(Cl)c1. The van der Waals surface area contributed by atoms with Gasteiger partial charge in [-0.25, -0.2) is 0 Å². The fourth-order valence-corrected chi connectivity index (χ4v) is 8.72. The van der Waals surface area contributed by atoms with Gasteiger partial charge in [0.25, 0.3) is 0 Å². The molecule has 1 amide bonds. The summed E-state index contributed by atoms with van der Waals surface area (Å²) in [6.45, 7) is -1.50. The lowest BCUT2D eigenvalue weighted by atomic mass is 9.46. The molecular formula is C30H31Cl3F2N2O4. The number of halogens is 5. The van der Waals surface area contributed by atoms with E-state index in [4.69, 9.17) is 39.5 Å². The van der Waals surface area contributed by atoms with Gasteiger partial charge in [-0.2, -0.15) is 0 Å². The highest BCUT2D eigenvalue weighted by Gasteiger charge is 2.77. The number of alkyl halides is 2. The van der Waals surface area contributed by atoms with Crippen molar-refractivity contribution in [2.45, 2.75) is 61.1 Å². The Morgan fingerprint density at radius 2 is 1.73 bits per heavy atom. The molecule has 41 heavy (non-hydrogen) atoms. The first-order chi connectivity index (χ1) is 19.6. The molecule has 2 saturated heterocycles. The van der Waals surface area contributed by atoms with E-state index < -0.39 is 41.7 Å². The molecule has 11 heteroatoms. The number of anilines is 1. The van der Waals surface area contributed by atoms with Crippen molar-refractivity contribution in [3.63, 3.8) is 0 Å². The predicted molar refractivity (Wildman–Crippen MR) is 153 cm³/mol. The quantitative estimate of drug-likeness (QED) is 0.362. The van der Waals surface area contributed by atoms with E-state index in [1.807, 2.05) is 0 Å². The molecule has 1 aliphatic carbocycles. The molecule has 4 aliphatic rings. The Morgan fingerprint density at radius 3 is 2.34 bits per heavy atom. The molecule has 1 saturated carbocycles. The number of Topliss-reactive ketones (excluding diaryl/α,β-unsaturated/α-hetero) is 1. The van der Waals surface area contributed by atoms with Crippen LogP contribution in [-0.2, 0) is 19.7 Å². The number of ketones is 1. The molecule has 2 aromatic carbocycles. The Balaban J connectivity index is 1.50. The fourth-order valence-electron chi connectivity index (χ4n) is 8.01. The molecule has 2 aromatic rings. The van der Waals surface area contributed by atoms with E-state index in [1.165, 1.54) is 0 Å². The molecule has 0 radical (unpaired) electrons. The summed E-state index contributed by atoms with van der Waals surface area (Å²) >= 11 is 19.2. The van der Waals surface area contributed by atoms with Crippen LogP contribution in [0.5, 0.6) is 0 Å². The number of aliphatic hydroxyl groups is 1. The average Bonchev–Trinajstić information content (AvgIpc) is 3.39. The molecule has 3 N–H and O–H groups in total. The molecule has 0 unspecified atom stereocenters. The van der Waals surface area contributed by atoms with Crippen molar-refractivity contribution in [2.24, 2.45) is 11.3 Å². The summed E-state index contributed by atoms with van der Waals surface area (Å²) in [5.74, 6) is -1.34. The molecule has 6 rings (SSSR count). The van der Waals surface area contributed by atoms with Crippen LogP contribution in [0.1, 0.15) is 49.1 Å². The zero-order valence-electron chi connectivity index (χ0n) is 22.2. The fraction of sp³-hybridized carbons (Fsp3) is 0.533. The second kappa shape index (κ2) is 10.7. The van der Waals surface area contributed by atoms with Gasteiger partial charge in [-0.15, -0.1) is 0 Å². The highest BCUT2D eigenvalue weighted by atomic mass is 35.5. The van der Waals surface area contributed by atoms with Gasteiger partial charge in [0.1, 0.15) is 5.41 Å². The Hall–Kier alpha value is -1.81. The summed E-state index contributed by atoms with van der Waals surface area (Å²) in [4.78, 5) is 28.6. The van der Waals surface area contributed by atoms with Gasteiger partial charge >= 0.3 is 0 Å². The molecule has 3 aliphatic heterocycles. The molecule has 2 spiro atoms. The van der Waals surface area contributed by atoms with E-state index in [0.717, 1.165) is 0 Å². The Kier molecular flexibility index (Phi) is 7.65. The van der Waals surface area contributed by atoms with Crippen molar-refractivity contribution in [3.8, 4) is 0 Å². The van der Waals surface area contributed by atoms with Gasteiger partial charge in [-0.05, 0) is 73.1 Å². The lowest BCUT2D eigenvalue weighted by Gasteiger charge is -2.59. The summed E-state index contributed by atoms with van der Waals surface area (Å²) in [7, 11) is 0. The first-order valence-electron chi connectivity index (χ1n) is 13.8. The van der Waals surface area contributed by atoms with Crippen LogP contribution in [-0.4, -0.2) is 61.0 Å². The van der Waals surface area contributed by atoms with Crippen LogP contribution in [0.3, 0.4) is 0 Å². The van der Waals surface area contributed by atoms with E-state index >= 15 is 0 Å². The van der Waals surface area contributed by atoms with Crippen molar-refractivity contribution in [1.29, 1.82) is 0 Å². The number of benzene rings is 2. The van der Waals surface area contributed by atoms with Crippen LogP contribution in [0, 0.1) is 11.3 Å². The smallest absolute Gasteiger partial charge is 0.237 e. The van der Waals surface area contributed by atoms with E-state index in [0.29, 0.717) is 51.3 Å². The minimum atomic E-state index is -1.39. The number of aliphatic hydroxyl groups excluding tert-OH is 1. The molecule has 0 bridgehead atoms. The summed E-state index contributed by atoms with van der Waals surface area (Å²) in [5, 5.41) is 17.0. The van der Waals surface area contributed by atoms with Gasteiger partial charge in [0.15, 0.2) is 5.78 Å². The van der Waals surface area contributed by atoms with Crippen LogP contribution in [0.15, 0.2) is 36.4 Å². The number of carbonyl (C=O) groups excluding carboxylic acids is 2. The van der Waals surface area contributed by atoms with Crippen molar-refractivity contribution in [1.82, 2.24) is 5.32 Å². The van der Waals surface area contributed by atoms with Gasteiger partial charge in [-0.3, -0.25) is 23.7 Å². The third-order valence-corrected chi connectivity index (χ3v) is 10.3. The summed E-state index contributed by atoms with van der Waals surface area (Å²) in [6.07, 6.45) is 1.35. The highest BCUT2D eigenvalue weighted by molar-refractivity contribution is 6.34. The van der Waals surface area contributed by atoms with Gasteiger partial charge < -0.3 is 15.2 Å². The van der Waals surface area contributed by atoms with Crippen LogP contribution in [0.4, 0.5) is 14.5 Å². The van der Waals surface area contributed by atoms with Crippen LogP contribution in [0.2, 0.25) is 15.1 Å². The molecule has 5 atom stereocenters. The van der Waals surface area contributed by atoms with Crippen LogP contribution < -0.4 is 10.6 Å². The Morgan fingerprint density at radius 1 is 1.02 bits per heavy atom. The number of nitrogens with one attached hydrogen (secondary N) is 2. The van der Waals surface area contributed by atoms with E-state index in [-0.39, 0.29) is 49.6 Å². The van der Waals surface area contributed by atoms with E-state index in [1.54, 1.807) is 36.4 Å². The zero-order valence-corrected chi connectivity index (χ0v) is 24.5. The average molecular weight is 628 g/mol. The number of ether oxygens (including phenoxy) is 1. The molecule has 3 fully saturated rings. The number of fused-ring (bicyclic) bond motifs is 3. The standard InChI is InChI=1S/C30H31Cl3F2N2O4/c31-18-2-4-22-23(9-18)36-27(40)30(22)25(17-6-19(32)8-20(33)7-17)26(37-29(30)12-28(13-29,14-34)15-35)24(39)5-16-1-3-21(10-38)41-11-16/h2,4,6-9,16,21,25-26,37-38H,1,3,5,10-15H2,(H,36,40)/t16-,21-,25-,26-,30+/m0/s1. The number of rotatable bonds is 7. The van der Waals surface area contributed by atoms with Gasteiger partial charge in [-0.1, -0.05) is 40.9 Å². The van der Waals surface area contributed by atoms with E-state index in [2.05, 4.69) is 10.6 Å². The maximum Gasteiger partial charge on any atom is 0.237 e. The topological polar surface area (TPSA) is 87.7 Å². The largest absolute Gasteiger partial charge is 0.394 e. The third kappa shape index (κ3) is 4.52. The Labute approximate surface area is 252 Å². The molecule has 6 nitrogen and oxygen atoms in total. The third-order valence-electron chi connectivity index (χ3n) is 9.67. The molecule has 3 heterocycles. The second-order valence-corrected chi connectivity index (χ2v) is 13.5. The maximum absolute atomic E-state index is 14.3. The maximum atomic E-state index is 14.3. The highest BCUT2D eigenvalue weighted by Crippen LogP contribution is 2.68. The van der Waals surface area contributed by atoms with Crippen LogP contribution in [0.25, 0.3) is 0 Å². The first kappa shape index (κ1) is 29.3. The van der Waals surface area contributed by atoms with E-state index in [9.17, 15) is 23.5 Å². The van der Waals surface area contributed by atoms with Gasteiger partial charge in [0, 0.05) is 44.0 Å². The number of amides is 1. The minimum absolute atomic E-state index is 0.0295. The second-order valence-electron chi connectivity index (χ2n) is 12.2. The molecule has 220 valence electrons. The van der Waals surface area contributed by atoms with Crippen molar-refractivity contribution >= 4 is 52.2 Å². The summed E-state index contributed by atoms with van der Waals surface area (Å²) in [5.41, 5.74) is -2.04. The Bertz CT molecular complexity index is 1350. The number of hydrogen-bond donors (Lipinski definition) is 3. The van der Waals surface area contributed by atoms with Gasteiger partial charge in [0.2, 0.25) is 5.91 Å². The van der Waals surface area contributed by atoms with Crippen molar-refractivity contribution < 1.29 is 28.2 Å². The summed E-state index contributed by atoms with van der Waals surface area (Å²) in [6, 6.07) is 9.21. The first-order valence-corrected chi connectivity index (χ1v) is 15.0. The number of carbonyl (C=O) groups is 2. The monoisotopic (exact) mass is 626 g/mol. The van der Waals surface area contributed by atoms with Crippen molar-refractivity contribution in [2.75, 3.05) is 31.9 Å². The van der Waals surface area contributed by atoms with Crippen molar-refractivity contribution in [3.05, 3.63) is 62.6 Å². The summed E-state index contributed by atoms with van der Waals surface area (Å²) < 4.78 is 34.3. The lowest BCUT2D eigenvalue weighted by Crippen LogP contribution is -2.70. The zero-order chi connectivity index (χ0) is 29.2. The minimum Gasteiger partial charge on any atom is -0.394 e. The normalized spacial score (nSPS) is 31.2. The lowest BCUT2D eigenvalue weighted by molar-refractivity contribution is -0.131. The van der Waals surface area contributed by atoms with Gasteiger partial charge in [0.05, 0.1) is 38.7 Å². The van der Waals surface area contributed by atoms with Crippen LogP contribution >= 0.6 is 34.8 Å².